The number of thiazole rings is 1. The lowest BCUT2D eigenvalue weighted by molar-refractivity contribution is 0.0968. The first-order valence-electron chi connectivity index (χ1n) is 7.00. The third-order valence-corrected chi connectivity index (χ3v) is 6.52. The molecule has 1 aliphatic heterocycles. The van der Waals surface area contributed by atoms with E-state index in [1.54, 1.807) is 6.20 Å². The Balaban J connectivity index is 1.90. The van der Waals surface area contributed by atoms with Crippen LogP contribution in [-0.4, -0.2) is 46.9 Å². The van der Waals surface area contributed by atoms with Gasteiger partial charge in [0.2, 0.25) is 10.0 Å². The lowest BCUT2D eigenvalue weighted by Crippen LogP contribution is -2.31. The Morgan fingerprint density at radius 3 is 2.77 bits per heavy atom. The molecule has 118 valence electrons. The minimum atomic E-state index is -3.25. The molecule has 3 heterocycles. The van der Waals surface area contributed by atoms with Gasteiger partial charge in [0.05, 0.1) is 12.3 Å². The second kappa shape index (κ2) is 5.60. The number of Topliss-reactive ketones (excluding diaryl/α,β-unsaturated/α-hetero) is 1. The van der Waals surface area contributed by atoms with Crippen molar-refractivity contribution in [2.45, 2.75) is 20.3 Å². The molecule has 2 aromatic heterocycles. The first kappa shape index (κ1) is 15.4. The number of hydrogen-bond acceptors (Lipinski definition) is 5. The third kappa shape index (κ3) is 2.62. The fourth-order valence-corrected chi connectivity index (χ4v) is 5.00. The van der Waals surface area contributed by atoms with Gasteiger partial charge >= 0.3 is 0 Å². The summed E-state index contributed by atoms with van der Waals surface area (Å²) in [5.74, 6) is -0.0281. The zero-order valence-electron chi connectivity index (χ0n) is 12.4. The number of aromatic nitrogens is 2. The monoisotopic (exact) mass is 339 g/mol. The van der Waals surface area contributed by atoms with E-state index in [1.807, 2.05) is 29.9 Å². The third-order valence-electron chi connectivity index (χ3n) is 3.87. The molecule has 0 atom stereocenters. The van der Waals surface area contributed by atoms with Crippen LogP contribution in [0.2, 0.25) is 0 Å². The van der Waals surface area contributed by atoms with Crippen LogP contribution in [0, 0.1) is 13.8 Å². The van der Waals surface area contributed by atoms with Crippen LogP contribution >= 0.6 is 11.3 Å². The summed E-state index contributed by atoms with van der Waals surface area (Å²) < 4.78 is 26.9. The second-order valence-corrected chi connectivity index (χ2v) is 8.32. The van der Waals surface area contributed by atoms with Crippen LogP contribution in [0.25, 0.3) is 5.13 Å². The maximum Gasteiger partial charge on any atom is 0.214 e. The van der Waals surface area contributed by atoms with Crippen molar-refractivity contribution in [2.75, 3.05) is 18.8 Å². The van der Waals surface area contributed by atoms with Gasteiger partial charge in [0.15, 0.2) is 10.9 Å². The van der Waals surface area contributed by atoms with Crippen molar-refractivity contribution >= 4 is 27.1 Å². The van der Waals surface area contributed by atoms with Crippen molar-refractivity contribution in [3.63, 3.8) is 0 Å². The van der Waals surface area contributed by atoms with E-state index in [0.717, 1.165) is 16.5 Å². The van der Waals surface area contributed by atoms with Gasteiger partial charge in [-0.15, -0.1) is 11.3 Å². The van der Waals surface area contributed by atoms with Gasteiger partial charge < -0.3 is 0 Å². The standard InChI is InChI=1S/C14H17N3O3S2/c1-10-8-12(11(2)17(10)14-15-4-6-21-14)13(18)9-16-5-3-7-22(16,19)20/h4,6,8H,3,5,7,9H2,1-2H3. The molecule has 22 heavy (non-hydrogen) atoms. The average molecular weight is 339 g/mol. The minimum absolute atomic E-state index is 0.0789. The predicted octanol–water partition coefficient (Wildman–Crippen LogP) is 1.77. The molecular weight excluding hydrogens is 322 g/mol. The van der Waals surface area contributed by atoms with E-state index in [-0.39, 0.29) is 18.1 Å². The van der Waals surface area contributed by atoms with Crippen LogP contribution in [0.5, 0.6) is 0 Å². The Bertz CT molecular complexity index is 807. The number of sulfonamides is 1. The number of rotatable bonds is 4. The Kier molecular flexibility index (Phi) is 3.92. The number of ketones is 1. The van der Waals surface area contributed by atoms with Gasteiger partial charge in [0.1, 0.15) is 0 Å². The van der Waals surface area contributed by atoms with E-state index in [2.05, 4.69) is 4.98 Å². The van der Waals surface area contributed by atoms with Crippen molar-refractivity contribution in [1.29, 1.82) is 0 Å². The van der Waals surface area contributed by atoms with Crippen molar-refractivity contribution < 1.29 is 13.2 Å². The molecule has 6 nitrogen and oxygen atoms in total. The van der Waals surface area contributed by atoms with E-state index in [0.29, 0.717) is 18.5 Å². The van der Waals surface area contributed by atoms with Crippen LogP contribution in [0.1, 0.15) is 28.2 Å². The molecule has 8 heteroatoms. The van der Waals surface area contributed by atoms with E-state index >= 15 is 0 Å². The van der Waals surface area contributed by atoms with Gasteiger partial charge in [-0.05, 0) is 26.3 Å². The van der Waals surface area contributed by atoms with Gasteiger partial charge in [-0.25, -0.2) is 13.4 Å². The van der Waals surface area contributed by atoms with Crippen LogP contribution in [0.4, 0.5) is 0 Å². The highest BCUT2D eigenvalue weighted by Gasteiger charge is 2.31. The number of aryl methyl sites for hydroxylation is 1. The van der Waals surface area contributed by atoms with Crippen molar-refractivity contribution in [3.05, 3.63) is 34.6 Å². The normalized spacial score (nSPS) is 17.9. The number of nitrogens with zero attached hydrogens (tertiary/aromatic N) is 3. The number of carbonyl (C=O) groups excluding carboxylic acids is 1. The first-order chi connectivity index (χ1) is 10.4. The SMILES string of the molecule is Cc1cc(C(=O)CN2CCCS2(=O)=O)c(C)n1-c1nccs1. The fraction of sp³-hybridized carbons (Fsp3) is 0.429. The van der Waals surface area contributed by atoms with Crippen molar-refractivity contribution in [2.24, 2.45) is 0 Å². The highest BCUT2D eigenvalue weighted by atomic mass is 32.2. The predicted molar refractivity (Wildman–Crippen MR) is 85.2 cm³/mol. The summed E-state index contributed by atoms with van der Waals surface area (Å²) in [6, 6.07) is 1.81. The van der Waals surface area contributed by atoms with Crippen LogP contribution in [0.3, 0.4) is 0 Å². The van der Waals surface area contributed by atoms with E-state index in [4.69, 9.17) is 0 Å². The zero-order valence-corrected chi connectivity index (χ0v) is 14.1. The summed E-state index contributed by atoms with van der Waals surface area (Å²) in [4.78, 5) is 16.8. The molecule has 0 N–H and O–H groups in total. The smallest absolute Gasteiger partial charge is 0.214 e. The first-order valence-corrected chi connectivity index (χ1v) is 9.49. The van der Waals surface area contributed by atoms with Gasteiger partial charge in [-0.2, -0.15) is 4.31 Å². The molecule has 0 unspecified atom stereocenters. The molecule has 1 aliphatic rings. The molecule has 0 amide bonds. The summed E-state index contributed by atoms with van der Waals surface area (Å²) in [7, 11) is -3.25. The molecule has 0 aromatic carbocycles. The lowest BCUT2D eigenvalue weighted by atomic mass is 10.1. The maximum absolute atomic E-state index is 12.5. The Labute approximate surface area is 133 Å². The highest BCUT2D eigenvalue weighted by molar-refractivity contribution is 7.89. The van der Waals surface area contributed by atoms with Crippen molar-refractivity contribution in [1.82, 2.24) is 13.9 Å². The summed E-state index contributed by atoms with van der Waals surface area (Å²) in [6.07, 6.45) is 2.31. The van der Waals surface area contributed by atoms with Gasteiger partial charge in [0.25, 0.3) is 0 Å². The van der Waals surface area contributed by atoms with Crippen molar-refractivity contribution in [3.8, 4) is 5.13 Å². The molecule has 0 bridgehead atoms. The fourth-order valence-electron chi connectivity index (χ4n) is 2.78. The largest absolute Gasteiger partial charge is 0.294 e. The molecule has 1 saturated heterocycles. The molecule has 3 rings (SSSR count). The Hall–Kier alpha value is -1.51. The summed E-state index contributed by atoms with van der Waals surface area (Å²) >= 11 is 1.50. The van der Waals surface area contributed by atoms with Crippen LogP contribution < -0.4 is 0 Å². The number of hydrogen-bond donors (Lipinski definition) is 0. The average Bonchev–Trinajstić information content (AvgIpc) is 3.12. The zero-order chi connectivity index (χ0) is 15.9. The van der Waals surface area contributed by atoms with Gasteiger partial charge in [-0.1, -0.05) is 0 Å². The van der Waals surface area contributed by atoms with Crippen LogP contribution in [-0.2, 0) is 10.0 Å². The molecule has 1 fully saturated rings. The van der Waals surface area contributed by atoms with E-state index < -0.39 is 10.0 Å². The lowest BCUT2D eigenvalue weighted by Gasteiger charge is -2.13. The molecule has 0 saturated carbocycles. The Morgan fingerprint density at radius 2 is 2.18 bits per heavy atom. The molecule has 0 radical (unpaired) electrons. The minimum Gasteiger partial charge on any atom is -0.294 e. The summed E-state index contributed by atoms with van der Waals surface area (Å²) in [5.41, 5.74) is 2.28. The van der Waals surface area contributed by atoms with E-state index in [9.17, 15) is 13.2 Å². The molecule has 0 spiro atoms. The summed E-state index contributed by atoms with van der Waals surface area (Å²) in [5, 5.41) is 2.69. The van der Waals surface area contributed by atoms with Gasteiger partial charge in [-0.3, -0.25) is 9.36 Å². The van der Waals surface area contributed by atoms with E-state index in [1.165, 1.54) is 15.6 Å². The summed E-state index contributed by atoms with van der Waals surface area (Å²) in [6.45, 7) is 4.13. The maximum atomic E-state index is 12.5. The number of carbonyl (C=O) groups is 1. The molecule has 2 aromatic rings. The topological polar surface area (TPSA) is 72.3 Å². The van der Waals surface area contributed by atoms with Crippen LogP contribution in [0.15, 0.2) is 17.6 Å². The quantitative estimate of drug-likeness (QED) is 0.796. The van der Waals surface area contributed by atoms with Gasteiger partial charge in [0, 0.05) is 35.1 Å². The second-order valence-electron chi connectivity index (χ2n) is 5.36. The highest BCUT2D eigenvalue weighted by Crippen LogP contribution is 2.23. The Morgan fingerprint density at radius 1 is 1.41 bits per heavy atom. The molecular formula is C14H17N3O3S2. The molecule has 0 aliphatic carbocycles.